The number of hydrogen-bond donors (Lipinski definition) is 2. The van der Waals surface area contributed by atoms with Crippen LogP contribution in [0.15, 0.2) is 36.4 Å². The zero-order valence-electron chi connectivity index (χ0n) is 19.6. The molecule has 1 aliphatic rings. The second-order valence-electron chi connectivity index (χ2n) is 8.81. The lowest BCUT2D eigenvalue weighted by atomic mass is 9.85. The minimum atomic E-state index is -0.942. The highest BCUT2D eigenvalue weighted by Gasteiger charge is 2.27. The van der Waals surface area contributed by atoms with Crippen LogP contribution in [0.1, 0.15) is 31.2 Å². The molecule has 1 aliphatic carbocycles. The molecule has 34 heavy (non-hydrogen) atoms. The molecular formula is C25H29F2N5O2. The molecule has 3 aromatic rings. The first-order valence-corrected chi connectivity index (χ1v) is 11.4. The number of anilines is 2. The topological polar surface area (TPSA) is 79.4 Å². The van der Waals surface area contributed by atoms with Gasteiger partial charge in [-0.2, -0.15) is 4.98 Å². The Labute approximate surface area is 197 Å². The lowest BCUT2D eigenvalue weighted by Gasteiger charge is -2.28. The molecule has 7 nitrogen and oxygen atoms in total. The Hall–Kier alpha value is -3.49. The molecule has 9 heteroatoms. The molecule has 1 amide bonds. The average Bonchev–Trinajstić information content (AvgIpc) is 2.83. The molecule has 0 atom stereocenters. The molecule has 2 aromatic carbocycles. The van der Waals surface area contributed by atoms with Crippen molar-refractivity contribution in [2.75, 3.05) is 31.4 Å². The number of fused-ring (bicyclic) bond motifs is 1. The summed E-state index contributed by atoms with van der Waals surface area (Å²) in [7, 11) is 5.21. The third-order valence-electron chi connectivity index (χ3n) is 6.17. The van der Waals surface area contributed by atoms with Crippen molar-refractivity contribution in [3.63, 3.8) is 0 Å². The molecule has 0 unspecified atom stereocenters. The van der Waals surface area contributed by atoms with Gasteiger partial charge in [-0.1, -0.05) is 12.1 Å². The van der Waals surface area contributed by atoms with E-state index in [9.17, 15) is 13.6 Å². The van der Waals surface area contributed by atoms with E-state index in [2.05, 4.69) is 20.6 Å². The van der Waals surface area contributed by atoms with Crippen molar-refractivity contribution in [1.29, 1.82) is 0 Å². The number of halogens is 2. The number of benzene rings is 2. The van der Waals surface area contributed by atoms with Crippen LogP contribution in [0, 0.1) is 17.6 Å². The van der Waals surface area contributed by atoms with E-state index in [1.807, 2.05) is 24.3 Å². The van der Waals surface area contributed by atoms with Gasteiger partial charge in [-0.3, -0.25) is 4.79 Å². The standard InChI is InChI=1S/C25H29F2N5O2/c1-32(2)23-19-12-20(26)21(27)13-22(19)30-25(31-23)29-17-9-7-16(8-10-17)24(33)28-14-15-5-4-6-18(11-15)34-3/h4-6,11-13,16-17H,7-10,14H2,1-3H3,(H,28,33)(H,29,30,31)/t16-,17+. The number of nitrogens with one attached hydrogen (secondary N) is 2. The Morgan fingerprint density at radius 3 is 2.53 bits per heavy atom. The van der Waals surface area contributed by atoms with Crippen LogP contribution in [0.2, 0.25) is 0 Å². The normalized spacial score (nSPS) is 17.9. The van der Waals surface area contributed by atoms with E-state index in [-0.39, 0.29) is 17.9 Å². The summed E-state index contributed by atoms with van der Waals surface area (Å²) >= 11 is 0. The molecule has 1 fully saturated rings. The van der Waals surface area contributed by atoms with Crippen LogP contribution in [0.5, 0.6) is 5.75 Å². The largest absolute Gasteiger partial charge is 0.497 e. The quantitative estimate of drug-likeness (QED) is 0.538. The van der Waals surface area contributed by atoms with Crippen LogP contribution in [-0.2, 0) is 11.3 Å². The third-order valence-corrected chi connectivity index (χ3v) is 6.17. The van der Waals surface area contributed by atoms with E-state index >= 15 is 0 Å². The second kappa shape index (κ2) is 10.2. The summed E-state index contributed by atoms with van der Waals surface area (Å²) in [4.78, 5) is 23.3. The number of aromatic nitrogens is 2. The Bertz CT molecular complexity index is 1180. The fourth-order valence-corrected chi connectivity index (χ4v) is 4.31. The average molecular weight is 470 g/mol. The number of nitrogens with zero attached hydrogens (tertiary/aromatic N) is 3. The van der Waals surface area contributed by atoms with E-state index in [4.69, 9.17) is 4.74 Å². The van der Waals surface area contributed by atoms with Gasteiger partial charge in [-0.15, -0.1) is 0 Å². The van der Waals surface area contributed by atoms with Crippen LogP contribution < -0.4 is 20.3 Å². The molecule has 180 valence electrons. The first-order valence-electron chi connectivity index (χ1n) is 11.4. The smallest absolute Gasteiger partial charge is 0.225 e. The van der Waals surface area contributed by atoms with Gasteiger partial charge in [-0.05, 0) is 49.4 Å². The van der Waals surface area contributed by atoms with Gasteiger partial charge in [0.15, 0.2) is 11.6 Å². The number of carbonyl (C=O) groups excluding carboxylic acids is 1. The van der Waals surface area contributed by atoms with Crippen LogP contribution in [-0.4, -0.2) is 43.1 Å². The number of hydrogen-bond acceptors (Lipinski definition) is 6. The summed E-state index contributed by atoms with van der Waals surface area (Å²) < 4.78 is 32.8. The molecule has 4 rings (SSSR count). The van der Waals surface area contributed by atoms with Crippen molar-refractivity contribution in [3.05, 3.63) is 53.6 Å². The van der Waals surface area contributed by atoms with Crippen LogP contribution in [0.3, 0.4) is 0 Å². The first kappa shape index (κ1) is 23.7. The molecule has 1 saturated carbocycles. The van der Waals surface area contributed by atoms with Gasteiger partial charge in [0.05, 0.1) is 12.6 Å². The Kier molecular flexibility index (Phi) is 7.09. The highest BCUT2D eigenvalue weighted by Crippen LogP contribution is 2.29. The lowest BCUT2D eigenvalue weighted by Crippen LogP contribution is -2.35. The summed E-state index contributed by atoms with van der Waals surface area (Å²) in [5.41, 5.74) is 1.33. The number of rotatable bonds is 7. The van der Waals surface area contributed by atoms with E-state index in [1.54, 1.807) is 26.1 Å². The van der Waals surface area contributed by atoms with Crippen molar-refractivity contribution in [1.82, 2.24) is 15.3 Å². The minimum absolute atomic E-state index is 0.0458. The SMILES string of the molecule is COc1cccc(CNC(=O)[C@H]2CC[C@@H](Nc3nc(N(C)C)c4cc(F)c(F)cc4n3)CC2)c1. The van der Waals surface area contributed by atoms with Gasteiger partial charge in [0.1, 0.15) is 11.6 Å². The van der Waals surface area contributed by atoms with Crippen molar-refractivity contribution < 1.29 is 18.3 Å². The lowest BCUT2D eigenvalue weighted by molar-refractivity contribution is -0.126. The van der Waals surface area contributed by atoms with E-state index < -0.39 is 11.6 Å². The van der Waals surface area contributed by atoms with Gasteiger partial charge in [0.25, 0.3) is 0 Å². The number of methoxy groups -OCH3 is 1. The maximum Gasteiger partial charge on any atom is 0.225 e. The van der Waals surface area contributed by atoms with Gasteiger partial charge >= 0.3 is 0 Å². The number of carbonyl (C=O) groups is 1. The highest BCUT2D eigenvalue weighted by molar-refractivity contribution is 5.90. The molecule has 0 radical (unpaired) electrons. The summed E-state index contributed by atoms with van der Waals surface area (Å²) in [6.07, 6.45) is 3.06. The monoisotopic (exact) mass is 469 g/mol. The molecule has 2 N–H and O–H groups in total. The fourth-order valence-electron chi connectivity index (χ4n) is 4.31. The van der Waals surface area contributed by atoms with Crippen molar-refractivity contribution in [2.45, 2.75) is 38.3 Å². The van der Waals surface area contributed by atoms with E-state index in [0.717, 1.165) is 49.1 Å². The van der Waals surface area contributed by atoms with E-state index in [0.29, 0.717) is 29.2 Å². The van der Waals surface area contributed by atoms with E-state index in [1.165, 1.54) is 0 Å². The van der Waals surface area contributed by atoms with Crippen molar-refractivity contribution >= 4 is 28.6 Å². The third kappa shape index (κ3) is 5.35. The summed E-state index contributed by atoms with van der Waals surface area (Å²) in [5, 5.41) is 6.79. The maximum absolute atomic E-state index is 13.8. The Morgan fingerprint density at radius 2 is 1.82 bits per heavy atom. The zero-order chi connectivity index (χ0) is 24.2. The van der Waals surface area contributed by atoms with Gasteiger partial charge in [-0.25, -0.2) is 13.8 Å². The molecular weight excluding hydrogens is 440 g/mol. The summed E-state index contributed by atoms with van der Waals surface area (Å²) in [6.45, 7) is 0.462. The Morgan fingerprint density at radius 1 is 1.09 bits per heavy atom. The highest BCUT2D eigenvalue weighted by atomic mass is 19.2. The Balaban J connectivity index is 1.36. The van der Waals surface area contributed by atoms with Crippen LogP contribution in [0.25, 0.3) is 10.9 Å². The maximum atomic E-state index is 13.8. The summed E-state index contributed by atoms with van der Waals surface area (Å²) in [5.74, 6) is -0.221. The predicted molar refractivity (Wildman–Crippen MR) is 128 cm³/mol. The molecule has 0 bridgehead atoms. The fraction of sp³-hybridized carbons (Fsp3) is 0.400. The predicted octanol–water partition coefficient (Wildman–Crippen LogP) is 4.27. The molecule has 0 spiro atoms. The molecule has 1 heterocycles. The van der Waals surface area contributed by atoms with Crippen LogP contribution >= 0.6 is 0 Å². The minimum Gasteiger partial charge on any atom is -0.497 e. The van der Waals surface area contributed by atoms with Crippen molar-refractivity contribution in [2.24, 2.45) is 5.92 Å². The molecule has 0 saturated heterocycles. The zero-order valence-corrected chi connectivity index (χ0v) is 19.6. The van der Waals surface area contributed by atoms with Crippen LogP contribution in [0.4, 0.5) is 20.5 Å². The molecule has 1 aromatic heterocycles. The first-order chi connectivity index (χ1) is 16.3. The van der Waals surface area contributed by atoms with Gasteiger partial charge in [0, 0.05) is 44.1 Å². The van der Waals surface area contributed by atoms with Gasteiger partial charge < -0.3 is 20.3 Å². The number of ether oxygens (including phenoxy) is 1. The summed E-state index contributed by atoms with van der Waals surface area (Å²) in [6, 6.07) is 9.95. The second-order valence-corrected chi connectivity index (χ2v) is 8.81. The van der Waals surface area contributed by atoms with Crippen molar-refractivity contribution in [3.8, 4) is 5.75 Å². The number of amides is 1. The van der Waals surface area contributed by atoms with Gasteiger partial charge in [0.2, 0.25) is 11.9 Å². The molecule has 0 aliphatic heterocycles.